The summed E-state index contributed by atoms with van der Waals surface area (Å²) in [6.45, 7) is 2.27. The van der Waals surface area contributed by atoms with E-state index >= 15 is 0 Å². The number of hydrogen-bond acceptors (Lipinski definition) is 2. The van der Waals surface area contributed by atoms with E-state index in [0.29, 0.717) is 0 Å². The van der Waals surface area contributed by atoms with E-state index in [1.807, 2.05) is 0 Å². The van der Waals surface area contributed by atoms with Crippen molar-refractivity contribution >= 4 is 29.2 Å². The van der Waals surface area contributed by atoms with Crippen molar-refractivity contribution in [3.05, 3.63) is 0 Å². The number of rotatable bonds is 7. The summed E-state index contributed by atoms with van der Waals surface area (Å²) in [6.07, 6.45) is 10.2. The fraction of sp³-hybridized carbons (Fsp3) is 0.900. The van der Waals surface area contributed by atoms with Crippen molar-refractivity contribution in [1.29, 1.82) is 0 Å². The van der Waals surface area contributed by atoms with Gasteiger partial charge in [0, 0.05) is 0 Å². The Labute approximate surface area is 110 Å². The Hall–Kier alpha value is 0.733. The molecule has 2 N–H and O–H groups in total. The summed E-state index contributed by atoms with van der Waals surface area (Å²) < 4.78 is 0.0833. The molecule has 0 heterocycles. The van der Waals surface area contributed by atoms with Gasteiger partial charge in [-0.1, -0.05) is 4.32 Å². The molecule has 0 aliphatic carbocycles. The summed E-state index contributed by atoms with van der Waals surface area (Å²) in [4.78, 5) is 0. The Balaban J connectivity index is 0. The van der Waals surface area contributed by atoms with Crippen LogP contribution in [0.2, 0.25) is 5.02 Å². The molecule has 0 aromatic rings. The third kappa shape index (κ3) is 29.3. The average Bonchev–Trinajstić information content (AvgIpc) is 2.10. The molecule has 0 atom stereocenters. The van der Waals surface area contributed by atoms with Gasteiger partial charge in [0.1, 0.15) is 0 Å². The molecule has 0 saturated carbocycles. The zero-order chi connectivity index (χ0) is 11.2. The standard InChI is InChI=1S/C9H19.CH3NS2.Zn/c1-3-5-7-9-8-6-4-2;2-1(3)4;/h1,3-9H2,2H3;(H3,2,3,4);/q;;+1/p-1. The molecule has 14 heavy (non-hydrogen) atoms. The molecule has 0 aliphatic heterocycles. The molecule has 0 unspecified atom stereocenters. The summed E-state index contributed by atoms with van der Waals surface area (Å²) in [6, 6.07) is 0. The topological polar surface area (TPSA) is 26.0 Å². The Bertz CT molecular complexity index is 109. The SMILES string of the molecule is CCCCCCCC[CH2][Zn+].NC(=S)[S-]. The van der Waals surface area contributed by atoms with Crippen LogP contribution >= 0.6 is 12.2 Å². The van der Waals surface area contributed by atoms with E-state index in [4.69, 9.17) is 0 Å². The van der Waals surface area contributed by atoms with E-state index in [2.05, 4.69) is 37.5 Å². The number of nitrogens with two attached hydrogens (primary N) is 1. The first-order valence-electron chi connectivity index (χ1n) is 5.40. The second-order valence-electron chi connectivity index (χ2n) is 3.29. The van der Waals surface area contributed by atoms with Gasteiger partial charge in [-0.25, -0.2) is 0 Å². The molecule has 0 aliphatic rings. The largest absolute Gasteiger partial charge is 0.415 e. The molecule has 4 heteroatoms. The van der Waals surface area contributed by atoms with Gasteiger partial charge in [0.25, 0.3) is 0 Å². The van der Waals surface area contributed by atoms with E-state index in [9.17, 15) is 0 Å². The van der Waals surface area contributed by atoms with Crippen LogP contribution in [0.4, 0.5) is 0 Å². The van der Waals surface area contributed by atoms with Gasteiger partial charge in [0.2, 0.25) is 0 Å². The van der Waals surface area contributed by atoms with Gasteiger partial charge in [-0.15, -0.1) is 0 Å². The number of unbranched alkanes of at least 4 members (excludes halogenated alkanes) is 6. The van der Waals surface area contributed by atoms with E-state index in [0.717, 1.165) is 0 Å². The molecule has 1 nitrogen and oxygen atoms in total. The average molecular weight is 285 g/mol. The second kappa shape index (κ2) is 16.2. The molecule has 0 fully saturated rings. The van der Waals surface area contributed by atoms with E-state index < -0.39 is 0 Å². The molecule has 0 aromatic heterocycles. The van der Waals surface area contributed by atoms with Crippen LogP contribution in [-0.2, 0) is 30.9 Å². The van der Waals surface area contributed by atoms with E-state index in [-0.39, 0.29) is 4.32 Å². The molecular weight excluding hydrogens is 264 g/mol. The van der Waals surface area contributed by atoms with Gasteiger partial charge in [-0.05, 0) is 0 Å². The third-order valence-electron chi connectivity index (χ3n) is 1.85. The minimum Gasteiger partial charge on any atom is -0.415 e. The number of hydrogen-bond donors (Lipinski definition) is 1. The van der Waals surface area contributed by atoms with Crippen molar-refractivity contribution in [3.8, 4) is 0 Å². The van der Waals surface area contributed by atoms with Crippen molar-refractivity contribution in [2.24, 2.45) is 5.73 Å². The van der Waals surface area contributed by atoms with Crippen LogP contribution in [-0.4, -0.2) is 4.32 Å². The predicted molar refractivity (Wildman–Crippen MR) is 67.0 cm³/mol. The second-order valence-corrected chi connectivity index (χ2v) is 5.92. The first-order valence-corrected chi connectivity index (χ1v) is 8.32. The minimum absolute atomic E-state index is 0.0833. The van der Waals surface area contributed by atoms with E-state index in [1.165, 1.54) is 68.3 Å². The minimum atomic E-state index is 0.0833. The van der Waals surface area contributed by atoms with Crippen molar-refractivity contribution in [2.75, 3.05) is 0 Å². The summed E-state index contributed by atoms with van der Waals surface area (Å²) in [5.41, 5.74) is 4.66. The van der Waals surface area contributed by atoms with E-state index in [1.54, 1.807) is 0 Å². The molecule has 0 aromatic carbocycles. The molecule has 80 valence electrons. The first-order chi connectivity index (χ1) is 6.65. The fourth-order valence-corrected chi connectivity index (χ4v) is 1.88. The summed E-state index contributed by atoms with van der Waals surface area (Å²) in [7, 11) is 0. The van der Waals surface area contributed by atoms with Crippen LogP contribution < -0.4 is 5.73 Å². The van der Waals surface area contributed by atoms with Crippen LogP contribution in [0.25, 0.3) is 0 Å². The number of thiocarbonyl (C=S) groups is 1. The maximum absolute atomic E-state index is 4.66. The Kier molecular flexibility index (Phi) is 19.8. The van der Waals surface area contributed by atoms with Crippen molar-refractivity contribution < 1.29 is 18.3 Å². The van der Waals surface area contributed by atoms with Gasteiger partial charge >= 0.3 is 75.2 Å². The Morgan fingerprint density at radius 2 is 1.50 bits per heavy atom. The molecule has 0 saturated heterocycles. The predicted octanol–water partition coefficient (Wildman–Crippen LogP) is 3.48. The summed E-state index contributed by atoms with van der Waals surface area (Å²) in [5.74, 6) is 0. The maximum Gasteiger partial charge on any atom is -0.0708 e. The summed E-state index contributed by atoms with van der Waals surface area (Å²) in [5, 5.41) is 1.49. The molecule has 0 spiro atoms. The molecular formula is C10H21NS2Zn. The molecule has 0 amide bonds. The maximum atomic E-state index is 4.66. The normalized spacial score (nSPS) is 9.07. The third-order valence-corrected chi connectivity index (χ3v) is 2.90. The first kappa shape index (κ1) is 17.1. The molecule has 0 radical (unpaired) electrons. The zero-order valence-corrected chi connectivity index (χ0v) is 13.9. The van der Waals surface area contributed by atoms with Crippen LogP contribution in [0.3, 0.4) is 0 Å². The van der Waals surface area contributed by atoms with Crippen molar-refractivity contribution in [3.63, 3.8) is 0 Å². The van der Waals surface area contributed by atoms with Gasteiger partial charge in [-0.3, -0.25) is 0 Å². The fourth-order valence-electron chi connectivity index (χ4n) is 1.13. The Morgan fingerprint density at radius 1 is 1.14 bits per heavy atom. The molecule has 0 bridgehead atoms. The van der Waals surface area contributed by atoms with Crippen LogP contribution in [0.1, 0.15) is 51.9 Å². The quantitative estimate of drug-likeness (QED) is 0.335. The van der Waals surface area contributed by atoms with Crippen molar-refractivity contribution in [2.45, 2.75) is 56.9 Å². The molecule has 0 rings (SSSR count). The van der Waals surface area contributed by atoms with Gasteiger partial charge < -0.3 is 30.6 Å². The van der Waals surface area contributed by atoms with Crippen LogP contribution in [0, 0.1) is 0 Å². The Morgan fingerprint density at radius 3 is 1.86 bits per heavy atom. The van der Waals surface area contributed by atoms with Gasteiger partial charge in [0.15, 0.2) is 0 Å². The van der Waals surface area contributed by atoms with Gasteiger partial charge in [0.05, 0.1) is 0 Å². The monoisotopic (exact) mass is 283 g/mol. The van der Waals surface area contributed by atoms with Crippen molar-refractivity contribution in [1.82, 2.24) is 0 Å². The van der Waals surface area contributed by atoms with Crippen LogP contribution in [0.5, 0.6) is 0 Å². The smallest absolute Gasteiger partial charge is 0.0708 e. The zero-order valence-electron chi connectivity index (χ0n) is 9.26. The van der Waals surface area contributed by atoms with Gasteiger partial charge in [-0.2, -0.15) is 0 Å². The van der Waals surface area contributed by atoms with Crippen LogP contribution in [0.15, 0.2) is 0 Å². The summed E-state index contributed by atoms with van der Waals surface area (Å²) >= 11 is 9.75.